The van der Waals surface area contributed by atoms with Gasteiger partial charge in [-0.05, 0) is 93.7 Å². The van der Waals surface area contributed by atoms with Gasteiger partial charge in [0.15, 0.2) is 17.3 Å². The number of carbonyl (C=O) groups excluding carboxylic acids is 4. The number of allylic oxidation sites excluding steroid dienone is 4. The van der Waals surface area contributed by atoms with Gasteiger partial charge in [-0.25, -0.2) is 4.79 Å². The molecule has 6 heteroatoms. The molecule has 0 spiro atoms. The third kappa shape index (κ3) is 3.75. The minimum Gasteiger partial charge on any atom is -0.410 e. The van der Waals surface area contributed by atoms with Gasteiger partial charge in [-0.15, -0.1) is 0 Å². The number of benzene rings is 2. The number of ether oxygens (including phenoxy) is 1. The number of aryl methyl sites for hydroxylation is 1. The van der Waals surface area contributed by atoms with Gasteiger partial charge in [0.25, 0.3) is 0 Å². The van der Waals surface area contributed by atoms with Gasteiger partial charge in [0, 0.05) is 23.6 Å². The molecule has 3 atom stereocenters. The first kappa shape index (κ1) is 27.8. The summed E-state index contributed by atoms with van der Waals surface area (Å²) in [5.74, 6) is 0.0561. The number of ketones is 3. The minimum atomic E-state index is -0.929. The first-order chi connectivity index (χ1) is 18.7. The fraction of sp³-hybridized carbons (Fsp3) is 0.412. The van der Waals surface area contributed by atoms with Gasteiger partial charge in [-0.2, -0.15) is 0 Å². The zero-order chi connectivity index (χ0) is 29.4. The summed E-state index contributed by atoms with van der Waals surface area (Å²) in [4.78, 5) is 52.7. The third-order valence-corrected chi connectivity index (χ3v) is 9.95. The lowest BCUT2D eigenvalue weighted by atomic mass is 9.42. The maximum Gasteiger partial charge on any atom is 0.412 e. The number of Topliss-reactive ketones (excluding diaryl/α,β-unsaturated/α-hetero) is 3. The number of nitrogens with one attached hydrogen (secondary N) is 1. The van der Waals surface area contributed by atoms with Crippen molar-refractivity contribution in [3.63, 3.8) is 0 Å². The molecule has 40 heavy (non-hydrogen) atoms. The Labute approximate surface area is 235 Å². The van der Waals surface area contributed by atoms with Crippen LogP contribution in [-0.2, 0) is 16.0 Å². The highest BCUT2D eigenvalue weighted by atomic mass is 16.5. The van der Waals surface area contributed by atoms with Crippen LogP contribution in [0.2, 0.25) is 0 Å². The van der Waals surface area contributed by atoms with Gasteiger partial charge < -0.3 is 10.1 Å². The molecule has 3 unspecified atom stereocenters. The predicted molar refractivity (Wildman–Crippen MR) is 154 cm³/mol. The largest absolute Gasteiger partial charge is 0.412 e. The maximum absolute atomic E-state index is 14.5. The standard InChI is InChI=1S/C34H37NO5/c1-18-9-14-24(22-10-12-23(13-11-22)40-31(39)35-8)25-16-32(5)17-33(6)15-19(2)26(21(4)36)30(38)34(33,7)20(3)28(32)29(37)27(18)25/h9-14H,15-17H2,1-8H3,(H,35,39). The lowest BCUT2D eigenvalue weighted by molar-refractivity contribution is -0.134. The molecule has 6 nitrogen and oxygen atoms in total. The highest BCUT2D eigenvalue weighted by Gasteiger charge is 2.63. The van der Waals surface area contributed by atoms with Crippen LogP contribution >= 0.6 is 0 Å². The first-order valence-corrected chi connectivity index (χ1v) is 13.8. The second-order valence-corrected chi connectivity index (χ2v) is 12.6. The molecule has 0 fully saturated rings. The molecular formula is C34H37NO5. The van der Waals surface area contributed by atoms with Crippen molar-refractivity contribution >= 4 is 23.4 Å². The molecule has 3 aliphatic carbocycles. The van der Waals surface area contributed by atoms with Crippen LogP contribution in [0.4, 0.5) is 4.79 Å². The maximum atomic E-state index is 14.5. The Morgan fingerprint density at radius 3 is 2.17 bits per heavy atom. The predicted octanol–water partition coefficient (Wildman–Crippen LogP) is 6.74. The quantitative estimate of drug-likeness (QED) is 0.437. The van der Waals surface area contributed by atoms with Gasteiger partial charge in [-0.1, -0.05) is 49.3 Å². The van der Waals surface area contributed by atoms with E-state index >= 15 is 0 Å². The number of hydrogen-bond acceptors (Lipinski definition) is 5. The van der Waals surface area contributed by atoms with E-state index in [0.29, 0.717) is 36.1 Å². The molecule has 2 aromatic carbocycles. The highest BCUT2D eigenvalue weighted by molar-refractivity contribution is 6.24. The van der Waals surface area contributed by atoms with Crippen molar-refractivity contribution in [2.75, 3.05) is 7.05 Å². The Morgan fingerprint density at radius 1 is 0.925 bits per heavy atom. The van der Waals surface area contributed by atoms with Crippen molar-refractivity contribution in [2.24, 2.45) is 16.2 Å². The fourth-order valence-electron chi connectivity index (χ4n) is 8.05. The Kier molecular flexibility index (Phi) is 6.33. The number of amides is 1. The van der Waals surface area contributed by atoms with E-state index in [0.717, 1.165) is 39.0 Å². The molecule has 1 N–H and O–H groups in total. The van der Waals surface area contributed by atoms with Gasteiger partial charge in [0.05, 0.1) is 11.0 Å². The number of hydrogen-bond donors (Lipinski definition) is 1. The summed E-state index contributed by atoms with van der Waals surface area (Å²) in [6, 6.07) is 11.3. The molecule has 0 radical (unpaired) electrons. The minimum absolute atomic E-state index is 0.0214. The van der Waals surface area contributed by atoms with E-state index in [1.54, 1.807) is 12.1 Å². The topological polar surface area (TPSA) is 89.5 Å². The van der Waals surface area contributed by atoms with Crippen molar-refractivity contribution in [1.29, 1.82) is 0 Å². The van der Waals surface area contributed by atoms with Crippen LogP contribution < -0.4 is 10.1 Å². The molecule has 0 saturated carbocycles. The van der Waals surface area contributed by atoms with Crippen LogP contribution in [0.3, 0.4) is 0 Å². The monoisotopic (exact) mass is 539 g/mol. The lowest BCUT2D eigenvalue weighted by Gasteiger charge is -2.59. The second-order valence-electron chi connectivity index (χ2n) is 12.6. The third-order valence-electron chi connectivity index (χ3n) is 9.95. The zero-order valence-electron chi connectivity index (χ0n) is 24.6. The molecule has 5 rings (SSSR count). The van der Waals surface area contributed by atoms with Crippen LogP contribution in [0.1, 0.15) is 75.9 Å². The molecule has 1 amide bonds. The van der Waals surface area contributed by atoms with E-state index in [-0.39, 0.29) is 17.3 Å². The molecule has 0 bridgehead atoms. The summed E-state index contributed by atoms with van der Waals surface area (Å²) >= 11 is 0. The summed E-state index contributed by atoms with van der Waals surface area (Å²) in [6.45, 7) is 13.5. The van der Waals surface area contributed by atoms with Crippen LogP contribution in [0.15, 0.2) is 58.7 Å². The van der Waals surface area contributed by atoms with Crippen LogP contribution in [-0.4, -0.2) is 30.5 Å². The molecule has 3 aliphatic rings. The van der Waals surface area contributed by atoms with Crippen molar-refractivity contribution in [3.05, 3.63) is 75.4 Å². The van der Waals surface area contributed by atoms with Gasteiger partial charge in [-0.3, -0.25) is 14.4 Å². The summed E-state index contributed by atoms with van der Waals surface area (Å²) in [6.07, 6.45) is 1.43. The van der Waals surface area contributed by atoms with Crippen LogP contribution in [0.5, 0.6) is 5.75 Å². The second kappa shape index (κ2) is 9.12. The Balaban J connectivity index is 1.67. The van der Waals surface area contributed by atoms with E-state index in [1.165, 1.54) is 14.0 Å². The van der Waals surface area contributed by atoms with Gasteiger partial charge >= 0.3 is 6.09 Å². The summed E-state index contributed by atoms with van der Waals surface area (Å²) in [7, 11) is 1.51. The summed E-state index contributed by atoms with van der Waals surface area (Å²) < 4.78 is 5.25. The lowest BCUT2D eigenvalue weighted by Crippen LogP contribution is -2.57. The smallest absolute Gasteiger partial charge is 0.410 e. The number of fused-ring (bicyclic) bond motifs is 3. The van der Waals surface area contributed by atoms with Gasteiger partial charge in [0.2, 0.25) is 0 Å². The van der Waals surface area contributed by atoms with Crippen molar-refractivity contribution < 1.29 is 23.9 Å². The van der Waals surface area contributed by atoms with Crippen molar-refractivity contribution in [3.8, 4) is 16.9 Å². The van der Waals surface area contributed by atoms with Crippen LogP contribution in [0.25, 0.3) is 11.1 Å². The highest BCUT2D eigenvalue weighted by Crippen LogP contribution is 2.66. The van der Waals surface area contributed by atoms with Crippen molar-refractivity contribution in [1.82, 2.24) is 5.32 Å². The first-order valence-electron chi connectivity index (χ1n) is 13.8. The van der Waals surface area contributed by atoms with E-state index < -0.39 is 22.3 Å². The summed E-state index contributed by atoms with van der Waals surface area (Å²) in [5.41, 5.74) is 5.36. The van der Waals surface area contributed by atoms with Gasteiger partial charge in [0.1, 0.15) is 5.75 Å². The molecular weight excluding hydrogens is 502 g/mol. The van der Waals surface area contributed by atoms with E-state index in [4.69, 9.17) is 4.74 Å². The Morgan fingerprint density at radius 2 is 1.57 bits per heavy atom. The Hall–Kier alpha value is -3.80. The number of rotatable bonds is 3. The fourth-order valence-corrected chi connectivity index (χ4v) is 8.05. The molecule has 2 aromatic rings. The van der Waals surface area contributed by atoms with Crippen LogP contribution in [0, 0.1) is 23.2 Å². The molecule has 0 heterocycles. The van der Waals surface area contributed by atoms with E-state index in [9.17, 15) is 19.2 Å². The van der Waals surface area contributed by atoms with E-state index in [2.05, 4.69) is 25.2 Å². The SMILES string of the molecule is CNC(=O)Oc1ccc(-c2ccc(C)c3c2CC2(C)CC4(C)CC(C)=C(C(C)=O)C(=O)C4(C)C(C)=C2C3=O)cc1. The molecule has 0 saturated heterocycles. The molecule has 0 aromatic heterocycles. The Bertz CT molecular complexity index is 1580. The molecule has 0 aliphatic heterocycles. The number of carbonyl (C=O) groups is 4. The van der Waals surface area contributed by atoms with E-state index in [1.807, 2.05) is 45.9 Å². The zero-order valence-corrected chi connectivity index (χ0v) is 24.6. The molecule has 208 valence electrons. The normalized spacial score (nSPS) is 27.6. The average Bonchev–Trinajstić information content (AvgIpc) is 2.86. The average molecular weight is 540 g/mol. The van der Waals surface area contributed by atoms with Crippen molar-refractivity contribution in [2.45, 2.75) is 67.7 Å². The summed E-state index contributed by atoms with van der Waals surface area (Å²) in [5, 5.41) is 2.44.